The molecule has 0 aliphatic carbocycles. The van der Waals surface area contributed by atoms with Gasteiger partial charge in [-0.3, -0.25) is 0 Å². The van der Waals surface area contributed by atoms with Crippen molar-refractivity contribution in [1.82, 2.24) is 0 Å². The van der Waals surface area contributed by atoms with E-state index in [1.165, 1.54) is 11.3 Å². The second-order valence-corrected chi connectivity index (χ2v) is 5.68. The van der Waals surface area contributed by atoms with Crippen LogP contribution in [-0.4, -0.2) is 23.5 Å². The minimum absolute atomic E-state index is 0.0978. The van der Waals surface area contributed by atoms with Crippen molar-refractivity contribution >= 4 is 54.9 Å². The highest BCUT2D eigenvalue weighted by Crippen LogP contribution is 2.31. The molecule has 0 aliphatic rings. The summed E-state index contributed by atoms with van der Waals surface area (Å²) >= 11 is 7.81. The average Bonchev–Trinajstić information content (AvgIpc) is 2.47. The van der Waals surface area contributed by atoms with Gasteiger partial charge in [0, 0.05) is 4.47 Å². The van der Waals surface area contributed by atoms with E-state index in [0.717, 1.165) is 3.79 Å². The molecule has 1 heterocycles. The Morgan fingerprint density at radius 2 is 2.33 bits per heavy atom. The summed E-state index contributed by atoms with van der Waals surface area (Å²) in [6.07, 6.45) is 0. The van der Waals surface area contributed by atoms with Gasteiger partial charge < -0.3 is 9.94 Å². The summed E-state index contributed by atoms with van der Waals surface area (Å²) in [6.45, 7) is 1.92. The number of oxime groups is 1. The van der Waals surface area contributed by atoms with Crippen molar-refractivity contribution in [3.8, 4) is 0 Å². The zero-order valence-corrected chi connectivity index (χ0v) is 11.6. The lowest BCUT2D eigenvalue weighted by molar-refractivity contribution is -0.135. The van der Waals surface area contributed by atoms with Crippen molar-refractivity contribution in [3.63, 3.8) is 0 Å². The number of carbonyl (C=O) groups excluding carboxylic acids is 1. The highest BCUT2D eigenvalue weighted by atomic mass is 79.9. The molecule has 0 aromatic carbocycles. The van der Waals surface area contributed by atoms with Crippen LogP contribution in [0.4, 0.5) is 0 Å². The predicted molar refractivity (Wildman–Crippen MR) is 64.7 cm³/mol. The minimum Gasteiger partial charge on any atom is -0.461 e. The van der Waals surface area contributed by atoms with E-state index >= 15 is 0 Å². The second-order valence-electron chi connectivity index (χ2n) is 2.40. The smallest absolute Gasteiger partial charge is 0.361 e. The number of hydrogen-bond acceptors (Lipinski definition) is 5. The average molecular weight is 357 g/mol. The third-order valence-corrected chi connectivity index (χ3v) is 3.97. The first-order valence-electron chi connectivity index (χ1n) is 3.94. The van der Waals surface area contributed by atoms with E-state index in [2.05, 4.69) is 37.0 Å². The molecule has 0 aliphatic heterocycles. The van der Waals surface area contributed by atoms with Crippen LogP contribution in [0.2, 0.25) is 0 Å². The number of thiophene rings is 1. The first kappa shape index (κ1) is 12.7. The van der Waals surface area contributed by atoms with E-state index in [4.69, 9.17) is 9.94 Å². The van der Waals surface area contributed by atoms with E-state index in [1.807, 2.05) is 0 Å². The molecule has 1 N–H and O–H groups in total. The molecule has 1 aromatic rings. The van der Waals surface area contributed by atoms with Gasteiger partial charge in [0.1, 0.15) is 0 Å². The number of halogens is 2. The first-order valence-corrected chi connectivity index (χ1v) is 6.34. The summed E-state index contributed by atoms with van der Waals surface area (Å²) in [5.41, 5.74) is -0.0978. The predicted octanol–water partition coefficient (Wildman–Crippen LogP) is 3.01. The number of carbonyl (C=O) groups is 1. The molecule has 7 heteroatoms. The van der Waals surface area contributed by atoms with E-state index in [9.17, 15) is 4.79 Å². The van der Waals surface area contributed by atoms with Crippen LogP contribution in [0.3, 0.4) is 0 Å². The Balaban J connectivity index is 3.03. The third kappa shape index (κ3) is 3.02. The molecule has 0 saturated heterocycles. The van der Waals surface area contributed by atoms with E-state index in [1.54, 1.807) is 13.0 Å². The molecule has 0 radical (unpaired) electrons. The van der Waals surface area contributed by atoms with Crippen LogP contribution in [0.15, 0.2) is 19.5 Å². The third-order valence-electron chi connectivity index (χ3n) is 1.44. The molecule has 0 unspecified atom stereocenters. The lowest BCUT2D eigenvalue weighted by atomic mass is 10.3. The maximum absolute atomic E-state index is 11.4. The van der Waals surface area contributed by atoms with Crippen molar-refractivity contribution in [3.05, 3.63) is 19.2 Å². The van der Waals surface area contributed by atoms with Gasteiger partial charge in [-0.05, 0) is 44.8 Å². The van der Waals surface area contributed by atoms with Crippen LogP contribution in [0, 0.1) is 0 Å². The molecule has 0 bridgehead atoms. The van der Waals surface area contributed by atoms with Gasteiger partial charge in [0.15, 0.2) is 0 Å². The van der Waals surface area contributed by atoms with Crippen molar-refractivity contribution in [2.24, 2.45) is 5.16 Å². The number of rotatable bonds is 3. The Labute approximate surface area is 107 Å². The van der Waals surface area contributed by atoms with Gasteiger partial charge in [0.05, 0.1) is 15.3 Å². The Bertz CT molecular complexity index is 403. The van der Waals surface area contributed by atoms with Crippen molar-refractivity contribution in [2.45, 2.75) is 6.92 Å². The molecule has 0 atom stereocenters. The van der Waals surface area contributed by atoms with Crippen molar-refractivity contribution in [2.75, 3.05) is 6.61 Å². The summed E-state index contributed by atoms with van der Waals surface area (Å²) in [5.74, 6) is -0.643. The SMILES string of the molecule is CCOC(=O)/C(=N/O)c1sc(Br)cc1Br. The van der Waals surface area contributed by atoms with Crippen LogP contribution < -0.4 is 0 Å². The summed E-state index contributed by atoms with van der Waals surface area (Å²) in [7, 11) is 0. The maximum atomic E-state index is 11.4. The summed E-state index contributed by atoms with van der Waals surface area (Å²) < 4.78 is 6.26. The molecule has 0 fully saturated rings. The van der Waals surface area contributed by atoms with Gasteiger partial charge in [-0.1, -0.05) is 5.16 Å². The van der Waals surface area contributed by atoms with Gasteiger partial charge in [-0.25, -0.2) is 4.79 Å². The number of ether oxygens (including phenoxy) is 1. The summed E-state index contributed by atoms with van der Waals surface area (Å²) in [6, 6.07) is 1.77. The molecular formula is C8H7Br2NO3S. The van der Waals surface area contributed by atoms with Crippen molar-refractivity contribution < 1.29 is 14.7 Å². The highest BCUT2D eigenvalue weighted by molar-refractivity contribution is 9.11. The zero-order valence-electron chi connectivity index (χ0n) is 7.66. The molecule has 82 valence electrons. The molecule has 0 spiro atoms. The Hall–Kier alpha value is -0.400. The molecular weight excluding hydrogens is 350 g/mol. The van der Waals surface area contributed by atoms with E-state index in [-0.39, 0.29) is 12.3 Å². The van der Waals surface area contributed by atoms with E-state index < -0.39 is 5.97 Å². The Kier molecular flexibility index (Phi) is 4.75. The fourth-order valence-electron chi connectivity index (χ4n) is 0.881. The topological polar surface area (TPSA) is 58.9 Å². The van der Waals surface area contributed by atoms with Gasteiger partial charge in [0.2, 0.25) is 5.71 Å². The number of nitrogens with zero attached hydrogens (tertiary/aromatic N) is 1. The van der Waals surface area contributed by atoms with E-state index in [0.29, 0.717) is 9.35 Å². The number of hydrogen-bond donors (Lipinski definition) is 1. The van der Waals surface area contributed by atoms with Gasteiger partial charge >= 0.3 is 5.97 Å². The molecule has 15 heavy (non-hydrogen) atoms. The van der Waals surface area contributed by atoms with Crippen LogP contribution in [0.5, 0.6) is 0 Å². The fourth-order valence-corrected chi connectivity index (χ4v) is 3.46. The zero-order chi connectivity index (χ0) is 11.4. The largest absolute Gasteiger partial charge is 0.461 e. The molecule has 4 nitrogen and oxygen atoms in total. The van der Waals surface area contributed by atoms with Crippen molar-refractivity contribution in [1.29, 1.82) is 0 Å². The molecule has 1 aromatic heterocycles. The summed E-state index contributed by atoms with van der Waals surface area (Å²) in [5, 5.41) is 11.7. The fraction of sp³-hybridized carbons (Fsp3) is 0.250. The Morgan fingerprint density at radius 3 is 2.73 bits per heavy atom. The highest BCUT2D eigenvalue weighted by Gasteiger charge is 2.21. The minimum atomic E-state index is -0.643. The van der Waals surface area contributed by atoms with Gasteiger partial charge in [-0.15, -0.1) is 11.3 Å². The second kappa shape index (κ2) is 5.62. The lowest BCUT2D eigenvalue weighted by Gasteiger charge is -2.01. The van der Waals surface area contributed by atoms with Crippen LogP contribution in [0.1, 0.15) is 11.8 Å². The molecule has 1 rings (SSSR count). The lowest BCUT2D eigenvalue weighted by Crippen LogP contribution is -2.18. The molecule has 0 amide bonds. The number of esters is 1. The van der Waals surface area contributed by atoms with Crippen LogP contribution in [-0.2, 0) is 9.53 Å². The molecule has 0 saturated carbocycles. The van der Waals surface area contributed by atoms with Crippen LogP contribution in [0.25, 0.3) is 0 Å². The standard InChI is InChI=1S/C8H7Br2NO3S/c1-2-14-8(12)6(11-13)7-4(9)3-5(10)15-7/h3,13H,2H2,1H3/b11-6+. The first-order chi connectivity index (χ1) is 7.10. The maximum Gasteiger partial charge on any atom is 0.361 e. The van der Waals surface area contributed by atoms with Gasteiger partial charge in [-0.2, -0.15) is 0 Å². The quantitative estimate of drug-likeness (QED) is 0.392. The van der Waals surface area contributed by atoms with Crippen LogP contribution >= 0.6 is 43.2 Å². The normalized spacial score (nSPS) is 11.5. The Morgan fingerprint density at radius 1 is 1.67 bits per heavy atom. The van der Waals surface area contributed by atoms with Gasteiger partial charge in [0.25, 0.3) is 0 Å². The monoisotopic (exact) mass is 355 g/mol. The summed E-state index contributed by atoms with van der Waals surface area (Å²) in [4.78, 5) is 11.9.